The van der Waals surface area contributed by atoms with Gasteiger partial charge in [-0.2, -0.15) is 4.31 Å². The van der Waals surface area contributed by atoms with Gasteiger partial charge in [0.1, 0.15) is 4.21 Å². The lowest BCUT2D eigenvalue weighted by Crippen LogP contribution is -2.43. The minimum absolute atomic E-state index is 0.0536. The highest BCUT2D eigenvalue weighted by Crippen LogP contribution is 2.32. The zero-order valence-corrected chi connectivity index (χ0v) is 18.5. The van der Waals surface area contributed by atoms with Crippen molar-refractivity contribution in [3.63, 3.8) is 0 Å². The number of benzene rings is 1. The molecule has 1 aromatic carbocycles. The summed E-state index contributed by atoms with van der Waals surface area (Å²) in [6.07, 6.45) is 2.58. The lowest BCUT2D eigenvalue weighted by molar-refractivity contribution is -0.121. The minimum Gasteiger partial charge on any atom is -0.324 e. The van der Waals surface area contributed by atoms with E-state index in [0.29, 0.717) is 47.9 Å². The minimum atomic E-state index is -3.59. The van der Waals surface area contributed by atoms with Gasteiger partial charge in [-0.15, -0.1) is 11.3 Å². The molecular formula is C21H25N3O4S2. The van der Waals surface area contributed by atoms with Crippen LogP contribution in [-0.2, 0) is 19.6 Å². The van der Waals surface area contributed by atoms with Gasteiger partial charge in [0.2, 0.25) is 11.8 Å². The fourth-order valence-electron chi connectivity index (χ4n) is 4.01. The Balaban J connectivity index is 1.49. The van der Waals surface area contributed by atoms with Crippen LogP contribution in [0.3, 0.4) is 0 Å². The lowest BCUT2D eigenvalue weighted by atomic mass is 9.98. The Kier molecular flexibility index (Phi) is 5.95. The average Bonchev–Trinajstić information content (AvgIpc) is 3.37. The van der Waals surface area contributed by atoms with Crippen LogP contribution in [0.5, 0.6) is 0 Å². The molecule has 2 aliphatic heterocycles. The van der Waals surface area contributed by atoms with Gasteiger partial charge in [-0.1, -0.05) is 12.1 Å². The first kappa shape index (κ1) is 21.0. The second-order valence-electron chi connectivity index (χ2n) is 7.72. The molecule has 0 unspecified atom stereocenters. The molecule has 0 saturated carbocycles. The van der Waals surface area contributed by atoms with Gasteiger partial charge >= 0.3 is 0 Å². The van der Waals surface area contributed by atoms with Crippen LogP contribution in [0.4, 0.5) is 11.4 Å². The SMILES string of the molecule is Cc1ccc(S(=O)(=O)N2CCC[C@H](C(=O)Nc3ccccc3N3CCCC3=O)C2)s1. The molecule has 160 valence electrons. The summed E-state index contributed by atoms with van der Waals surface area (Å²) in [4.78, 5) is 27.8. The Labute approximate surface area is 180 Å². The molecule has 0 aliphatic carbocycles. The van der Waals surface area contributed by atoms with Crippen LogP contribution in [-0.4, -0.2) is 44.2 Å². The largest absolute Gasteiger partial charge is 0.324 e. The Morgan fingerprint density at radius 3 is 2.63 bits per heavy atom. The third kappa shape index (κ3) is 4.14. The number of carbonyl (C=O) groups excluding carboxylic acids is 2. The number of hydrogen-bond acceptors (Lipinski definition) is 5. The van der Waals surface area contributed by atoms with Crippen molar-refractivity contribution in [1.29, 1.82) is 0 Å². The number of nitrogens with zero attached hydrogens (tertiary/aromatic N) is 2. The first-order valence-electron chi connectivity index (χ1n) is 10.1. The predicted molar refractivity (Wildman–Crippen MR) is 117 cm³/mol. The number of sulfonamides is 1. The third-order valence-corrected chi connectivity index (χ3v) is 8.92. The number of carbonyl (C=O) groups is 2. The van der Waals surface area contributed by atoms with Gasteiger partial charge in [0.05, 0.1) is 17.3 Å². The molecule has 2 amide bonds. The number of rotatable bonds is 5. The van der Waals surface area contributed by atoms with Crippen LogP contribution in [0, 0.1) is 12.8 Å². The molecule has 0 bridgehead atoms. The van der Waals surface area contributed by atoms with Crippen LogP contribution in [0.1, 0.15) is 30.6 Å². The van der Waals surface area contributed by atoms with E-state index >= 15 is 0 Å². The summed E-state index contributed by atoms with van der Waals surface area (Å²) < 4.78 is 27.6. The van der Waals surface area contributed by atoms with Crippen molar-refractivity contribution in [2.24, 2.45) is 5.92 Å². The summed E-state index contributed by atoms with van der Waals surface area (Å²) in [6.45, 7) is 3.10. The molecule has 2 aliphatic rings. The van der Waals surface area contributed by atoms with E-state index in [1.54, 1.807) is 23.1 Å². The molecule has 0 radical (unpaired) electrons. The molecule has 0 spiro atoms. The lowest BCUT2D eigenvalue weighted by Gasteiger charge is -2.31. The molecule has 4 rings (SSSR count). The zero-order chi connectivity index (χ0) is 21.3. The van der Waals surface area contributed by atoms with Gasteiger partial charge < -0.3 is 10.2 Å². The van der Waals surface area contributed by atoms with E-state index in [0.717, 1.165) is 11.3 Å². The summed E-state index contributed by atoms with van der Waals surface area (Å²) in [5, 5.41) is 2.94. The molecule has 1 aromatic heterocycles. The van der Waals surface area contributed by atoms with Crippen LogP contribution >= 0.6 is 11.3 Å². The Hall–Kier alpha value is -2.23. The fourth-order valence-corrected chi connectivity index (χ4v) is 6.97. The molecule has 9 heteroatoms. The number of piperidine rings is 1. The number of hydrogen-bond donors (Lipinski definition) is 1. The maximum atomic E-state index is 13.0. The van der Waals surface area contributed by atoms with E-state index in [1.165, 1.54) is 15.6 Å². The van der Waals surface area contributed by atoms with Crippen molar-refractivity contribution in [3.05, 3.63) is 41.3 Å². The summed E-state index contributed by atoms with van der Waals surface area (Å²) in [7, 11) is -3.59. The van der Waals surface area contributed by atoms with E-state index in [2.05, 4.69) is 5.32 Å². The van der Waals surface area contributed by atoms with Crippen LogP contribution < -0.4 is 10.2 Å². The highest BCUT2D eigenvalue weighted by atomic mass is 32.2. The molecule has 1 N–H and O–H groups in total. The molecule has 2 fully saturated rings. The normalized spacial score (nSPS) is 20.5. The standard InChI is InChI=1S/C21H25N3O4S2/c1-15-10-11-20(29-15)30(27,28)23-12-4-6-16(14-23)21(26)22-17-7-2-3-8-18(17)24-13-5-9-19(24)25/h2-3,7-8,10-11,16H,4-6,9,12-14H2,1H3,(H,22,26)/t16-/m0/s1. The fraction of sp³-hybridized carbons (Fsp3) is 0.429. The number of anilines is 2. The summed E-state index contributed by atoms with van der Waals surface area (Å²) in [6, 6.07) is 10.7. The summed E-state index contributed by atoms with van der Waals surface area (Å²) in [5.74, 6) is -0.592. The van der Waals surface area contributed by atoms with Gasteiger partial charge in [-0.05, 0) is 50.5 Å². The number of nitrogens with one attached hydrogen (secondary N) is 1. The van der Waals surface area contributed by atoms with Gasteiger partial charge in [-0.3, -0.25) is 9.59 Å². The monoisotopic (exact) mass is 447 g/mol. The van der Waals surface area contributed by atoms with Crippen molar-refractivity contribution in [2.75, 3.05) is 29.9 Å². The molecule has 2 saturated heterocycles. The topological polar surface area (TPSA) is 86.8 Å². The second kappa shape index (κ2) is 8.49. The highest BCUT2D eigenvalue weighted by Gasteiger charge is 2.34. The van der Waals surface area contributed by atoms with E-state index in [1.807, 2.05) is 25.1 Å². The number of para-hydroxylation sites is 2. The Morgan fingerprint density at radius 2 is 1.93 bits per heavy atom. The van der Waals surface area contributed by atoms with Crippen LogP contribution in [0.25, 0.3) is 0 Å². The smallest absolute Gasteiger partial charge is 0.252 e. The van der Waals surface area contributed by atoms with Crippen molar-refractivity contribution in [2.45, 2.75) is 36.8 Å². The van der Waals surface area contributed by atoms with Crippen molar-refractivity contribution in [1.82, 2.24) is 4.31 Å². The van der Waals surface area contributed by atoms with Crippen molar-refractivity contribution < 1.29 is 18.0 Å². The van der Waals surface area contributed by atoms with Gasteiger partial charge in [0, 0.05) is 30.9 Å². The average molecular weight is 448 g/mol. The number of amides is 2. The molecule has 2 aromatic rings. The quantitative estimate of drug-likeness (QED) is 0.762. The van der Waals surface area contributed by atoms with Gasteiger partial charge in [-0.25, -0.2) is 8.42 Å². The van der Waals surface area contributed by atoms with E-state index in [9.17, 15) is 18.0 Å². The van der Waals surface area contributed by atoms with Crippen LogP contribution in [0.15, 0.2) is 40.6 Å². The van der Waals surface area contributed by atoms with Gasteiger partial charge in [0.25, 0.3) is 10.0 Å². The highest BCUT2D eigenvalue weighted by molar-refractivity contribution is 7.91. The molecule has 7 nitrogen and oxygen atoms in total. The van der Waals surface area contributed by atoms with E-state index < -0.39 is 15.9 Å². The third-order valence-electron chi connectivity index (χ3n) is 5.59. The number of thiophene rings is 1. The molecule has 1 atom stereocenters. The van der Waals surface area contributed by atoms with E-state index in [4.69, 9.17) is 0 Å². The first-order valence-corrected chi connectivity index (χ1v) is 12.4. The predicted octanol–water partition coefficient (Wildman–Crippen LogP) is 3.22. The Bertz CT molecular complexity index is 1060. The number of aryl methyl sites for hydroxylation is 1. The molecular weight excluding hydrogens is 422 g/mol. The van der Waals surface area contributed by atoms with Gasteiger partial charge in [0.15, 0.2) is 0 Å². The first-order chi connectivity index (χ1) is 14.4. The summed E-state index contributed by atoms with van der Waals surface area (Å²) in [5.41, 5.74) is 1.29. The zero-order valence-electron chi connectivity index (χ0n) is 16.8. The van der Waals surface area contributed by atoms with E-state index in [-0.39, 0.29) is 18.4 Å². The van der Waals surface area contributed by atoms with Crippen molar-refractivity contribution in [3.8, 4) is 0 Å². The van der Waals surface area contributed by atoms with Crippen molar-refractivity contribution >= 4 is 44.5 Å². The molecule has 30 heavy (non-hydrogen) atoms. The molecule has 3 heterocycles. The Morgan fingerprint density at radius 1 is 1.13 bits per heavy atom. The maximum Gasteiger partial charge on any atom is 0.252 e. The van der Waals surface area contributed by atoms with Crippen LogP contribution in [0.2, 0.25) is 0 Å². The maximum absolute atomic E-state index is 13.0. The summed E-state index contributed by atoms with van der Waals surface area (Å²) >= 11 is 1.25. The second-order valence-corrected chi connectivity index (χ2v) is 11.2.